The van der Waals surface area contributed by atoms with Crippen molar-refractivity contribution in [2.24, 2.45) is 5.92 Å². The van der Waals surface area contributed by atoms with Crippen molar-refractivity contribution in [3.05, 3.63) is 11.7 Å². The van der Waals surface area contributed by atoms with Gasteiger partial charge in [-0.25, -0.2) is 8.78 Å². The van der Waals surface area contributed by atoms with Crippen LogP contribution in [0.25, 0.3) is 0 Å². The second kappa shape index (κ2) is 6.04. The predicted molar refractivity (Wildman–Crippen MR) is 59.7 cm³/mol. The number of halogens is 4. The molecule has 1 saturated heterocycles. The Morgan fingerprint density at radius 3 is 2.80 bits per heavy atom. The molecule has 0 aromatic carbocycles. The van der Waals surface area contributed by atoms with Crippen LogP contribution >= 0.6 is 0 Å². The van der Waals surface area contributed by atoms with E-state index in [0.717, 1.165) is 6.54 Å². The van der Waals surface area contributed by atoms with Crippen LogP contribution in [0, 0.1) is 5.92 Å². The van der Waals surface area contributed by atoms with Gasteiger partial charge in [-0.3, -0.25) is 0 Å². The Morgan fingerprint density at radius 2 is 2.20 bits per heavy atom. The number of nitrogens with one attached hydrogen (secondary N) is 1. The number of nitrogens with zero attached hydrogens (tertiary/aromatic N) is 2. The quantitative estimate of drug-likeness (QED) is 0.811. The maximum Gasteiger partial charge on any atom is 0.330 e. The summed E-state index contributed by atoms with van der Waals surface area (Å²) in [5.74, 6) is -3.30. The van der Waals surface area contributed by atoms with E-state index in [1.165, 1.54) is 0 Å². The Kier molecular flexibility index (Phi) is 4.59. The van der Waals surface area contributed by atoms with Gasteiger partial charge in [-0.1, -0.05) is 12.1 Å². The molecule has 1 aliphatic heterocycles. The lowest BCUT2D eigenvalue weighted by molar-refractivity contribution is -0.168. The van der Waals surface area contributed by atoms with Crippen molar-refractivity contribution in [3.8, 4) is 0 Å². The number of rotatable bonds is 6. The number of alkyl halides is 4. The molecule has 0 amide bonds. The molecule has 1 aromatic heterocycles. The van der Waals surface area contributed by atoms with Crippen molar-refractivity contribution in [1.82, 2.24) is 15.5 Å². The molecule has 0 saturated carbocycles. The van der Waals surface area contributed by atoms with E-state index in [9.17, 15) is 17.6 Å². The van der Waals surface area contributed by atoms with Crippen LogP contribution in [0.3, 0.4) is 0 Å². The molecular formula is C11H15F4N3O2. The molecule has 0 spiro atoms. The van der Waals surface area contributed by atoms with Gasteiger partial charge in [0.25, 0.3) is 0 Å². The van der Waals surface area contributed by atoms with Crippen molar-refractivity contribution in [2.45, 2.75) is 31.8 Å². The number of hydrogen-bond donors (Lipinski definition) is 1. The third-order valence-electron chi connectivity index (χ3n) is 3.16. The minimum Gasteiger partial charge on any atom is -0.367 e. The monoisotopic (exact) mass is 297 g/mol. The predicted octanol–water partition coefficient (Wildman–Crippen LogP) is 1.81. The highest BCUT2D eigenvalue weighted by Gasteiger charge is 2.41. The summed E-state index contributed by atoms with van der Waals surface area (Å²) in [6.07, 6.45) is -3.76. The SMILES string of the molecule is C[C@@H]1CNC[C@H]1c1nc(COCC(F)(F)C(F)F)no1. The minimum atomic E-state index is -4.17. The van der Waals surface area contributed by atoms with Crippen molar-refractivity contribution >= 4 is 0 Å². The fourth-order valence-corrected chi connectivity index (χ4v) is 1.96. The van der Waals surface area contributed by atoms with Crippen LogP contribution in [-0.4, -0.2) is 42.2 Å². The minimum absolute atomic E-state index is 0.0683. The molecule has 1 aromatic rings. The van der Waals surface area contributed by atoms with E-state index in [4.69, 9.17) is 4.52 Å². The zero-order valence-electron chi connectivity index (χ0n) is 10.8. The molecule has 0 aliphatic carbocycles. The number of ether oxygens (including phenoxy) is 1. The van der Waals surface area contributed by atoms with E-state index in [-0.39, 0.29) is 18.3 Å². The lowest BCUT2D eigenvalue weighted by Crippen LogP contribution is -2.32. The summed E-state index contributed by atoms with van der Waals surface area (Å²) in [5, 5.41) is 6.75. The Balaban J connectivity index is 1.84. The Labute approximate surface area is 112 Å². The third kappa shape index (κ3) is 3.45. The fraction of sp³-hybridized carbons (Fsp3) is 0.818. The lowest BCUT2D eigenvalue weighted by atomic mass is 9.98. The van der Waals surface area contributed by atoms with Gasteiger partial charge < -0.3 is 14.6 Å². The average molecular weight is 297 g/mol. The smallest absolute Gasteiger partial charge is 0.330 e. The summed E-state index contributed by atoms with van der Waals surface area (Å²) >= 11 is 0. The highest BCUT2D eigenvalue weighted by molar-refractivity contribution is 5.00. The molecule has 20 heavy (non-hydrogen) atoms. The van der Waals surface area contributed by atoms with E-state index in [1.807, 2.05) is 6.92 Å². The van der Waals surface area contributed by atoms with Gasteiger partial charge in [0.2, 0.25) is 5.89 Å². The summed E-state index contributed by atoms with van der Waals surface area (Å²) in [4.78, 5) is 4.03. The molecule has 2 atom stereocenters. The second-order valence-electron chi connectivity index (χ2n) is 4.85. The number of hydrogen-bond acceptors (Lipinski definition) is 5. The van der Waals surface area contributed by atoms with Gasteiger partial charge >= 0.3 is 12.3 Å². The molecule has 5 nitrogen and oxygen atoms in total. The largest absolute Gasteiger partial charge is 0.367 e. The maximum atomic E-state index is 12.6. The van der Waals surface area contributed by atoms with E-state index < -0.39 is 19.0 Å². The molecule has 0 bridgehead atoms. The van der Waals surface area contributed by atoms with E-state index in [1.54, 1.807) is 0 Å². The van der Waals surface area contributed by atoms with Gasteiger partial charge in [0, 0.05) is 6.54 Å². The van der Waals surface area contributed by atoms with Crippen LogP contribution in [0.2, 0.25) is 0 Å². The topological polar surface area (TPSA) is 60.2 Å². The van der Waals surface area contributed by atoms with Gasteiger partial charge in [-0.2, -0.15) is 13.8 Å². The van der Waals surface area contributed by atoms with Crippen LogP contribution in [0.15, 0.2) is 4.52 Å². The second-order valence-corrected chi connectivity index (χ2v) is 4.85. The zero-order valence-corrected chi connectivity index (χ0v) is 10.8. The molecule has 1 fully saturated rings. The van der Waals surface area contributed by atoms with Crippen molar-refractivity contribution in [2.75, 3.05) is 19.7 Å². The van der Waals surface area contributed by atoms with Gasteiger partial charge in [0.15, 0.2) is 5.82 Å². The zero-order chi connectivity index (χ0) is 14.8. The van der Waals surface area contributed by atoms with Crippen LogP contribution in [0.1, 0.15) is 24.6 Å². The molecule has 2 rings (SSSR count). The van der Waals surface area contributed by atoms with Crippen LogP contribution in [-0.2, 0) is 11.3 Å². The third-order valence-corrected chi connectivity index (χ3v) is 3.16. The molecular weight excluding hydrogens is 282 g/mol. The van der Waals surface area contributed by atoms with Gasteiger partial charge in [0.1, 0.15) is 13.2 Å². The molecule has 9 heteroatoms. The van der Waals surface area contributed by atoms with Gasteiger partial charge in [-0.15, -0.1) is 0 Å². The van der Waals surface area contributed by atoms with Crippen molar-refractivity contribution < 1.29 is 26.8 Å². The van der Waals surface area contributed by atoms with E-state index >= 15 is 0 Å². The summed E-state index contributed by atoms with van der Waals surface area (Å²) in [7, 11) is 0. The average Bonchev–Trinajstić information content (AvgIpc) is 2.97. The highest BCUT2D eigenvalue weighted by Crippen LogP contribution is 2.26. The Bertz CT molecular complexity index is 441. The fourth-order valence-electron chi connectivity index (χ4n) is 1.96. The summed E-state index contributed by atoms with van der Waals surface area (Å²) in [6.45, 7) is 1.79. The Hall–Kier alpha value is -1.22. The van der Waals surface area contributed by atoms with E-state index in [2.05, 4.69) is 20.2 Å². The standard InChI is InChI=1S/C11H15F4N3O2/c1-6-2-16-3-7(6)9-17-8(18-20-9)4-19-5-11(14,15)10(12)13/h6-7,10,16H,2-5H2,1H3/t6-,7-/m1/s1. The first kappa shape index (κ1) is 15.2. The first-order chi connectivity index (χ1) is 9.40. The Morgan fingerprint density at radius 1 is 1.45 bits per heavy atom. The van der Waals surface area contributed by atoms with Gasteiger partial charge in [0.05, 0.1) is 5.92 Å². The summed E-state index contributed by atoms with van der Waals surface area (Å²) in [5.41, 5.74) is 0. The van der Waals surface area contributed by atoms with E-state index in [0.29, 0.717) is 18.4 Å². The highest BCUT2D eigenvalue weighted by atomic mass is 19.3. The first-order valence-corrected chi connectivity index (χ1v) is 6.17. The number of aromatic nitrogens is 2. The van der Waals surface area contributed by atoms with Crippen LogP contribution < -0.4 is 5.32 Å². The van der Waals surface area contributed by atoms with Crippen molar-refractivity contribution in [1.29, 1.82) is 0 Å². The molecule has 2 heterocycles. The normalized spacial score (nSPS) is 23.7. The van der Waals surface area contributed by atoms with Gasteiger partial charge in [-0.05, 0) is 12.5 Å². The first-order valence-electron chi connectivity index (χ1n) is 6.17. The summed E-state index contributed by atoms with van der Waals surface area (Å²) in [6, 6.07) is 0. The van der Waals surface area contributed by atoms with Crippen molar-refractivity contribution in [3.63, 3.8) is 0 Å². The molecule has 1 aliphatic rings. The molecule has 0 unspecified atom stereocenters. The van der Waals surface area contributed by atoms with Crippen LogP contribution in [0.5, 0.6) is 0 Å². The summed E-state index contributed by atoms with van der Waals surface area (Å²) < 4.78 is 58.6. The molecule has 0 radical (unpaired) electrons. The lowest BCUT2D eigenvalue weighted by Gasteiger charge is -2.14. The molecule has 114 valence electrons. The van der Waals surface area contributed by atoms with Crippen LogP contribution in [0.4, 0.5) is 17.6 Å². The molecule has 1 N–H and O–H groups in total. The maximum absolute atomic E-state index is 12.6.